The van der Waals surface area contributed by atoms with E-state index in [9.17, 15) is 27.9 Å². The molecule has 0 aromatic carbocycles. The Morgan fingerprint density at radius 1 is 1.40 bits per heavy atom. The largest absolute Gasteiger partial charge is 0.477 e. The molecule has 17 heteroatoms. The Hall–Kier alpha value is -1.82. The molecule has 2 amide bonds. The third-order valence-electron chi connectivity index (χ3n) is 4.00. The van der Waals surface area contributed by atoms with Crippen molar-refractivity contribution in [3.8, 4) is 0 Å². The molecule has 1 saturated heterocycles. The quantitative estimate of drug-likeness (QED) is 0.209. The number of thioether (sulfide) groups is 3. The van der Waals surface area contributed by atoms with Crippen LogP contribution in [0.4, 0.5) is 0 Å². The number of fused-ring (bicyclic) bond motifs is 1. The van der Waals surface area contributed by atoms with Gasteiger partial charge >= 0.3 is 5.97 Å². The number of hydrogen-bond acceptors (Lipinski definition) is 11. The number of tetrazole rings is 1. The summed E-state index contributed by atoms with van der Waals surface area (Å²) in [5.41, 5.74) is 0.262. The van der Waals surface area contributed by atoms with Crippen LogP contribution in [0.5, 0.6) is 0 Å². The maximum Gasteiger partial charge on any atom is 0.352 e. The Labute approximate surface area is 183 Å². The van der Waals surface area contributed by atoms with E-state index in [-0.39, 0.29) is 34.0 Å². The van der Waals surface area contributed by atoms with E-state index >= 15 is 0 Å². The number of rotatable bonds is 9. The zero-order valence-electron chi connectivity index (χ0n) is 15.3. The highest BCUT2D eigenvalue weighted by Crippen LogP contribution is 2.41. The van der Waals surface area contributed by atoms with E-state index in [2.05, 4.69) is 20.8 Å². The number of carbonyl (C=O) groups is 3. The Morgan fingerprint density at radius 3 is 2.77 bits per heavy atom. The van der Waals surface area contributed by atoms with Crippen LogP contribution in [0.2, 0.25) is 0 Å². The average molecular weight is 497 g/mol. The molecule has 2 aliphatic heterocycles. The molecule has 2 atom stereocenters. The molecule has 164 valence electrons. The summed E-state index contributed by atoms with van der Waals surface area (Å²) < 4.78 is 31.9. The van der Waals surface area contributed by atoms with Crippen LogP contribution in [-0.4, -0.2) is 95.9 Å². The standard InChI is InChI=1S/C13H16N6O7S4/c1-27-4-7(20)14-8-10(21)19-9(12(22)23)6(2-28-11(8)19)3-29-13-15-16-17-18(13)5-30(24,25)26/h8,11H,2-5H2,1H3,(H,14,20)(H,22,23)(H,24,25,26)/t8?,11-/m1/s1. The van der Waals surface area contributed by atoms with E-state index in [1.807, 2.05) is 0 Å². The summed E-state index contributed by atoms with van der Waals surface area (Å²) in [6.07, 6.45) is 1.76. The maximum atomic E-state index is 12.5. The van der Waals surface area contributed by atoms with Gasteiger partial charge in [-0.05, 0) is 22.3 Å². The number of β-lactam (4-membered cyclic amide) rings is 1. The smallest absolute Gasteiger partial charge is 0.352 e. The van der Waals surface area contributed by atoms with Gasteiger partial charge in [0.25, 0.3) is 16.0 Å². The summed E-state index contributed by atoms with van der Waals surface area (Å²) in [7, 11) is -4.36. The van der Waals surface area contributed by atoms with Crippen molar-refractivity contribution in [1.82, 2.24) is 30.4 Å². The summed E-state index contributed by atoms with van der Waals surface area (Å²) in [5.74, 6) is -2.35. The number of carboxylic acids is 1. The molecule has 2 aliphatic rings. The first-order valence-corrected chi connectivity index (χ1v) is 13.2. The first-order valence-electron chi connectivity index (χ1n) is 8.14. The topological polar surface area (TPSA) is 185 Å². The summed E-state index contributed by atoms with van der Waals surface area (Å²) in [4.78, 5) is 37.3. The zero-order valence-corrected chi connectivity index (χ0v) is 18.6. The Bertz CT molecular complexity index is 1010. The fourth-order valence-corrected chi connectivity index (χ4v) is 6.10. The van der Waals surface area contributed by atoms with E-state index in [1.165, 1.54) is 23.5 Å². The van der Waals surface area contributed by atoms with Crippen molar-refractivity contribution < 1.29 is 32.5 Å². The summed E-state index contributed by atoms with van der Waals surface area (Å²) in [5, 5.41) is 22.3. The van der Waals surface area contributed by atoms with Crippen LogP contribution in [0.15, 0.2) is 16.4 Å². The molecule has 13 nitrogen and oxygen atoms in total. The Balaban J connectivity index is 1.74. The monoisotopic (exact) mass is 496 g/mol. The molecule has 0 spiro atoms. The van der Waals surface area contributed by atoms with E-state index in [0.29, 0.717) is 5.57 Å². The highest BCUT2D eigenvalue weighted by molar-refractivity contribution is 8.01. The maximum absolute atomic E-state index is 12.5. The normalized spacial score (nSPS) is 21.3. The minimum absolute atomic E-state index is 0.0640. The molecule has 0 radical (unpaired) electrons. The molecular weight excluding hydrogens is 480 g/mol. The van der Waals surface area contributed by atoms with Gasteiger partial charge in [0.1, 0.15) is 17.1 Å². The zero-order chi connectivity index (χ0) is 22.1. The Morgan fingerprint density at radius 2 is 2.13 bits per heavy atom. The van der Waals surface area contributed by atoms with Crippen LogP contribution in [0.1, 0.15) is 0 Å². The first kappa shape index (κ1) is 22.9. The number of nitrogens with one attached hydrogen (secondary N) is 1. The van der Waals surface area contributed by atoms with Gasteiger partial charge in [-0.25, -0.2) is 9.48 Å². The van der Waals surface area contributed by atoms with Gasteiger partial charge in [0.05, 0.1) is 5.75 Å². The average Bonchev–Trinajstić information content (AvgIpc) is 3.08. The van der Waals surface area contributed by atoms with Crippen molar-refractivity contribution in [2.45, 2.75) is 22.4 Å². The highest BCUT2D eigenvalue weighted by Gasteiger charge is 2.54. The lowest BCUT2D eigenvalue weighted by molar-refractivity contribution is -0.150. The van der Waals surface area contributed by atoms with Crippen molar-refractivity contribution in [3.63, 3.8) is 0 Å². The highest BCUT2D eigenvalue weighted by atomic mass is 32.2. The van der Waals surface area contributed by atoms with Crippen molar-refractivity contribution >= 4 is 63.2 Å². The van der Waals surface area contributed by atoms with Crippen molar-refractivity contribution in [2.75, 3.05) is 23.5 Å². The number of carbonyl (C=O) groups excluding carboxylic acids is 2. The van der Waals surface area contributed by atoms with Crippen LogP contribution in [0, 0.1) is 0 Å². The van der Waals surface area contributed by atoms with Gasteiger partial charge in [0.2, 0.25) is 11.1 Å². The number of nitrogens with zero attached hydrogens (tertiary/aromatic N) is 5. The first-order chi connectivity index (χ1) is 14.1. The molecule has 3 heterocycles. The van der Waals surface area contributed by atoms with Crippen molar-refractivity contribution in [2.24, 2.45) is 0 Å². The molecule has 1 unspecified atom stereocenters. The third kappa shape index (κ3) is 4.90. The van der Waals surface area contributed by atoms with Crippen molar-refractivity contribution in [1.29, 1.82) is 0 Å². The fourth-order valence-electron chi connectivity index (χ4n) is 2.83. The summed E-state index contributed by atoms with van der Waals surface area (Å²) in [6, 6.07) is -0.778. The molecular formula is C13H16N6O7S4. The lowest BCUT2D eigenvalue weighted by Crippen LogP contribution is -2.70. The molecule has 1 aromatic rings. The van der Waals surface area contributed by atoms with E-state index < -0.39 is 39.3 Å². The molecule has 0 saturated carbocycles. The molecule has 0 aliphatic carbocycles. The second kappa shape index (κ2) is 9.13. The van der Waals surface area contributed by atoms with E-state index in [1.54, 1.807) is 6.26 Å². The van der Waals surface area contributed by atoms with Crippen molar-refractivity contribution in [3.05, 3.63) is 11.3 Å². The van der Waals surface area contributed by atoms with Gasteiger partial charge in [-0.3, -0.25) is 19.0 Å². The van der Waals surface area contributed by atoms with Crippen LogP contribution >= 0.6 is 35.3 Å². The van der Waals surface area contributed by atoms with Crippen LogP contribution in [0.25, 0.3) is 0 Å². The fraction of sp³-hybridized carbons (Fsp3) is 0.538. The number of aliphatic carboxylic acids is 1. The molecule has 0 bridgehead atoms. The Kier molecular flexibility index (Phi) is 6.95. The number of hydrogen-bond donors (Lipinski definition) is 3. The molecule has 3 N–H and O–H groups in total. The van der Waals surface area contributed by atoms with Crippen LogP contribution < -0.4 is 5.32 Å². The molecule has 30 heavy (non-hydrogen) atoms. The number of aromatic nitrogens is 4. The second-order valence-electron chi connectivity index (χ2n) is 6.11. The minimum Gasteiger partial charge on any atom is -0.477 e. The van der Waals surface area contributed by atoms with Gasteiger partial charge in [-0.2, -0.15) is 20.2 Å². The lowest BCUT2D eigenvalue weighted by Gasteiger charge is -2.49. The summed E-state index contributed by atoms with van der Waals surface area (Å²) in [6.45, 7) is 0. The number of carboxylic acid groups (broad SMARTS) is 1. The van der Waals surface area contributed by atoms with Gasteiger partial charge < -0.3 is 10.4 Å². The van der Waals surface area contributed by atoms with E-state index in [0.717, 1.165) is 21.3 Å². The predicted octanol–water partition coefficient (Wildman–Crippen LogP) is -1.29. The minimum atomic E-state index is -4.36. The van der Waals surface area contributed by atoms with Crippen LogP contribution in [0.3, 0.4) is 0 Å². The van der Waals surface area contributed by atoms with Gasteiger partial charge in [-0.1, -0.05) is 11.8 Å². The van der Waals surface area contributed by atoms with Gasteiger partial charge in [-0.15, -0.1) is 16.9 Å². The van der Waals surface area contributed by atoms with E-state index in [4.69, 9.17) is 4.55 Å². The predicted molar refractivity (Wildman–Crippen MR) is 108 cm³/mol. The summed E-state index contributed by atoms with van der Waals surface area (Å²) >= 11 is 3.61. The molecule has 1 aromatic heterocycles. The molecule has 3 rings (SSSR count). The third-order valence-corrected chi connectivity index (χ3v) is 7.51. The SMILES string of the molecule is CSCC(=O)NC1C(=O)N2C(C(=O)O)=C(CSc3nnnn3CS(=O)(=O)O)CS[C@H]12. The second-order valence-corrected chi connectivity index (χ2v) is 10.4. The lowest BCUT2D eigenvalue weighted by atomic mass is 10.0. The van der Waals surface area contributed by atoms with Gasteiger partial charge in [0.15, 0.2) is 5.88 Å². The van der Waals surface area contributed by atoms with Gasteiger partial charge in [0, 0.05) is 11.5 Å². The number of amides is 2. The molecule has 1 fully saturated rings. The van der Waals surface area contributed by atoms with Crippen LogP contribution in [-0.2, 0) is 30.4 Å².